The molecule has 0 radical (unpaired) electrons. The van der Waals surface area contributed by atoms with Crippen LogP contribution < -0.4 is 0 Å². The van der Waals surface area contributed by atoms with E-state index in [0.29, 0.717) is 5.56 Å². The Kier molecular flexibility index (Phi) is 2.19. The molecule has 0 aliphatic rings. The van der Waals surface area contributed by atoms with Crippen molar-refractivity contribution >= 4 is 0 Å². The van der Waals surface area contributed by atoms with Gasteiger partial charge in [0.2, 0.25) is 0 Å². The first-order chi connectivity index (χ1) is 6.79. The Morgan fingerprint density at radius 1 is 1.43 bits per heavy atom. The Morgan fingerprint density at radius 3 is 2.93 bits per heavy atom. The maximum atomic E-state index is 12.7. The molecule has 2 rings (SSSR count). The first-order valence-corrected chi connectivity index (χ1v) is 3.84. The van der Waals surface area contributed by atoms with Gasteiger partial charge in [-0.25, -0.2) is 4.39 Å². The minimum absolute atomic E-state index is 0.140. The van der Waals surface area contributed by atoms with E-state index in [-0.39, 0.29) is 18.3 Å². The summed E-state index contributed by atoms with van der Waals surface area (Å²) in [5, 5.41) is 12.1. The molecule has 6 heteroatoms. The number of aliphatic hydroxyl groups is 1. The van der Waals surface area contributed by atoms with Crippen LogP contribution in [0.5, 0.6) is 0 Å². The second-order valence-electron chi connectivity index (χ2n) is 2.57. The van der Waals surface area contributed by atoms with E-state index in [2.05, 4.69) is 15.1 Å². The maximum absolute atomic E-state index is 12.7. The highest BCUT2D eigenvalue weighted by Gasteiger charge is 2.08. The van der Waals surface area contributed by atoms with Crippen molar-refractivity contribution < 1.29 is 14.0 Å². The zero-order valence-corrected chi connectivity index (χ0v) is 7.01. The van der Waals surface area contributed by atoms with E-state index in [1.165, 1.54) is 12.3 Å². The number of hydrogen-bond acceptors (Lipinski definition) is 5. The van der Waals surface area contributed by atoms with Gasteiger partial charge in [-0.15, -0.1) is 0 Å². The van der Waals surface area contributed by atoms with Crippen LogP contribution in [0.3, 0.4) is 0 Å². The first-order valence-electron chi connectivity index (χ1n) is 3.84. The average Bonchev–Trinajstić information content (AvgIpc) is 2.66. The summed E-state index contributed by atoms with van der Waals surface area (Å²) >= 11 is 0. The molecule has 0 aromatic carbocycles. The number of nitrogens with zero attached hydrogens (tertiary/aromatic N) is 3. The van der Waals surface area contributed by atoms with Gasteiger partial charge in [-0.1, -0.05) is 5.16 Å². The van der Waals surface area contributed by atoms with Crippen LogP contribution in [0.15, 0.2) is 23.0 Å². The van der Waals surface area contributed by atoms with Crippen LogP contribution in [0.2, 0.25) is 0 Å². The van der Waals surface area contributed by atoms with Crippen molar-refractivity contribution in [3.8, 4) is 11.5 Å². The minimum Gasteiger partial charge on any atom is -0.388 e. The molecule has 0 bridgehead atoms. The van der Waals surface area contributed by atoms with Crippen molar-refractivity contribution in [2.45, 2.75) is 6.61 Å². The molecule has 72 valence electrons. The smallest absolute Gasteiger partial charge is 0.259 e. The van der Waals surface area contributed by atoms with Crippen LogP contribution >= 0.6 is 0 Å². The Morgan fingerprint density at radius 2 is 2.29 bits per heavy atom. The second-order valence-corrected chi connectivity index (χ2v) is 2.57. The minimum atomic E-state index is -0.480. The van der Waals surface area contributed by atoms with Crippen LogP contribution in [-0.2, 0) is 6.61 Å². The number of rotatable bonds is 2. The highest BCUT2D eigenvalue weighted by atomic mass is 19.1. The fraction of sp³-hybridized carbons (Fsp3) is 0.125. The predicted octanol–water partition coefficient (Wildman–Crippen LogP) is 0.763. The lowest BCUT2D eigenvalue weighted by atomic mass is 10.3. The SMILES string of the molecule is OCc1noc(-c2cncc(F)c2)n1. The normalized spacial score (nSPS) is 10.4. The van der Waals surface area contributed by atoms with Crippen molar-refractivity contribution in [1.29, 1.82) is 0 Å². The molecule has 0 fully saturated rings. The summed E-state index contributed by atoms with van der Waals surface area (Å²) in [6, 6.07) is 1.22. The lowest BCUT2D eigenvalue weighted by molar-refractivity contribution is 0.264. The summed E-state index contributed by atoms with van der Waals surface area (Å²) in [6.07, 6.45) is 2.48. The van der Waals surface area contributed by atoms with Gasteiger partial charge in [0.25, 0.3) is 5.89 Å². The quantitative estimate of drug-likeness (QED) is 0.765. The molecule has 0 saturated heterocycles. The maximum Gasteiger partial charge on any atom is 0.259 e. The molecular formula is C8H6FN3O2. The van der Waals surface area contributed by atoms with Crippen molar-refractivity contribution in [2.75, 3.05) is 0 Å². The highest BCUT2D eigenvalue weighted by molar-refractivity contribution is 5.50. The fourth-order valence-electron chi connectivity index (χ4n) is 0.964. The zero-order chi connectivity index (χ0) is 9.97. The summed E-state index contributed by atoms with van der Waals surface area (Å²) in [5.74, 6) is -0.184. The summed E-state index contributed by atoms with van der Waals surface area (Å²) in [6.45, 7) is -0.313. The number of pyridine rings is 1. The van der Waals surface area contributed by atoms with Crippen LogP contribution in [0.4, 0.5) is 4.39 Å². The molecule has 2 aromatic heterocycles. The summed E-state index contributed by atoms with van der Waals surface area (Å²) in [4.78, 5) is 7.44. The van der Waals surface area contributed by atoms with E-state index >= 15 is 0 Å². The molecule has 0 saturated carbocycles. The number of hydrogen-bond donors (Lipinski definition) is 1. The van der Waals surface area contributed by atoms with Gasteiger partial charge in [-0.2, -0.15) is 4.98 Å². The van der Waals surface area contributed by atoms with Crippen molar-refractivity contribution in [3.63, 3.8) is 0 Å². The molecule has 2 heterocycles. The monoisotopic (exact) mass is 195 g/mol. The molecule has 5 nitrogen and oxygen atoms in total. The van der Waals surface area contributed by atoms with E-state index in [4.69, 9.17) is 9.63 Å². The Bertz CT molecular complexity index is 444. The Labute approximate surface area is 78.2 Å². The van der Waals surface area contributed by atoms with Gasteiger partial charge in [-0.05, 0) is 6.07 Å². The standard InChI is InChI=1S/C8H6FN3O2/c9-6-1-5(2-10-3-6)8-11-7(4-13)12-14-8/h1-3,13H,4H2. The van der Waals surface area contributed by atoms with Crippen LogP contribution in [0, 0.1) is 5.82 Å². The lowest BCUT2D eigenvalue weighted by Gasteiger charge is -1.91. The number of aliphatic hydroxyl groups excluding tert-OH is 1. The summed E-state index contributed by atoms with van der Waals surface area (Å²) in [5.41, 5.74) is 0.386. The fourth-order valence-corrected chi connectivity index (χ4v) is 0.964. The Balaban J connectivity index is 2.39. The highest BCUT2D eigenvalue weighted by Crippen LogP contribution is 2.16. The first kappa shape index (κ1) is 8.76. The van der Waals surface area contributed by atoms with Gasteiger partial charge in [0.15, 0.2) is 5.82 Å². The Hall–Kier alpha value is -1.82. The van der Waals surface area contributed by atoms with E-state index in [1.54, 1.807) is 0 Å². The number of halogens is 1. The van der Waals surface area contributed by atoms with E-state index in [9.17, 15) is 4.39 Å². The third kappa shape index (κ3) is 1.60. The molecule has 2 aromatic rings. The zero-order valence-electron chi connectivity index (χ0n) is 7.01. The van der Waals surface area contributed by atoms with Gasteiger partial charge < -0.3 is 9.63 Å². The molecule has 0 amide bonds. The lowest BCUT2D eigenvalue weighted by Crippen LogP contribution is -1.86. The molecule has 14 heavy (non-hydrogen) atoms. The summed E-state index contributed by atoms with van der Waals surface area (Å²) < 4.78 is 17.5. The van der Waals surface area contributed by atoms with Crippen molar-refractivity contribution in [2.24, 2.45) is 0 Å². The topological polar surface area (TPSA) is 72.0 Å². The largest absolute Gasteiger partial charge is 0.388 e. The predicted molar refractivity (Wildman–Crippen MR) is 43.4 cm³/mol. The van der Waals surface area contributed by atoms with Gasteiger partial charge in [0.05, 0.1) is 11.8 Å². The second kappa shape index (κ2) is 3.51. The number of aromatic nitrogens is 3. The van der Waals surface area contributed by atoms with Crippen molar-refractivity contribution in [3.05, 3.63) is 30.1 Å². The molecule has 0 aliphatic heterocycles. The third-order valence-corrected chi connectivity index (χ3v) is 1.56. The molecule has 1 N–H and O–H groups in total. The van der Waals surface area contributed by atoms with Gasteiger partial charge in [-0.3, -0.25) is 4.98 Å². The third-order valence-electron chi connectivity index (χ3n) is 1.56. The van der Waals surface area contributed by atoms with E-state index in [1.807, 2.05) is 0 Å². The van der Waals surface area contributed by atoms with Gasteiger partial charge in [0.1, 0.15) is 12.4 Å². The van der Waals surface area contributed by atoms with E-state index < -0.39 is 5.82 Å². The summed E-state index contributed by atoms with van der Waals surface area (Å²) in [7, 11) is 0. The van der Waals surface area contributed by atoms with Crippen LogP contribution in [-0.4, -0.2) is 20.2 Å². The van der Waals surface area contributed by atoms with Crippen LogP contribution in [0.1, 0.15) is 5.82 Å². The molecular weight excluding hydrogens is 189 g/mol. The van der Waals surface area contributed by atoms with Gasteiger partial charge >= 0.3 is 0 Å². The van der Waals surface area contributed by atoms with Gasteiger partial charge in [0, 0.05) is 6.20 Å². The molecule has 0 aliphatic carbocycles. The van der Waals surface area contributed by atoms with Crippen LogP contribution in [0.25, 0.3) is 11.5 Å². The molecule has 0 atom stereocenters. The average molecular weight is 195 g/mol. The van der Waals surface area contributed by atoms with Crippen molar-refractivity contribution in [1.82, 2.24) is 15.1 Å². The molecule has 0 unspecified atom stereocenters. The molecule has 0 spiro atoms. The van der Waals surface area contributed by atoms with E-state index in [0.717, 1.165) is 6.20 Å².